The normalized spacial score (nSPS) is 15.1. The highest BCUT2D eigenvalue weighted by Gasteiger charge is 2.12. The predicted octanol–water partition coefficient (Wildman–Crippen LogP) is 0.688. The summed E-state index contributed by atoms with van der Waals surface area (Å²) in [4.78, 5) is 0. The van der Waals surface area contributed by atoms with Crippen molar-refractivity contribution in [1.29, 1.82) is 0 Å². The zero-order valence-corrected chi connectivity index (χ0v) is 26.3. The predicted molar refractivity (Wildman–Crippen MR) is 153 cm³/mol. The molecule has 0 heterocycles. The summed E-state index contributed by atoms with van der Waals surface area (Å²) in [7, 11) is 1.67. The second-order valence-corrected chi connectivity index (χ2v) is 9.31. The van der Waals surface area contributed by atoms with Crippen molar-refractivity contribution in [3.8, 4) is 0 Å². The largest absolute Gasteiger partial charge is 0.394 e. The molecule has 0 radical (unpaired) electrons. The summed E-state index contributed by atoms with van der Waals surface area (Å²) in [5.74, 6) is 0. The van der Waals surface area contributed by atoms with Crippen LogP contribution >= 0.6 is 0 Å². The van der Waals surface area contributed by atoms with Gasteiger partial charge in [-0.2, -0.15) is 0 Å². The Balaban J connectivity index is 0. The molecule has 0 aliphatic rings. The van der Waals surface area contributed by atoms with E-state index < -0.39 is 0 Å². The highest BCUT2D eigenvalue weighted by atomic mass is 16.6. The van der Waals surface area contributed by atoms with Crippen molar-refractivity contribution >= 4 is 0 Å². The van der Waals surface area contributed by atoms with E-state index in [1.807, 2.05) is 34.6 Å². The van der Waals surface area contributed by atoms with Crippen molar-refractivity contribution in [3.05, 3.63) is 0 Å². The summed E-state index contributed by atoms with van der Waals surface area (Å²) < 4.78 is 53.3. The first-order chi connectivity index (χ1) is 19.8. The second-order valence-electron chi connectivity index (χ2n) is 9.31. The van der Waals surface area contributed by atoms with E-state index in [1.165, 1.54) is 0 Å². The first-order valence-corrected chi connectivity index (χ1v) is 14.5. The molecule has 0 fully saturated rings. The fraction of sp³-hybridized carbons (Fsp3) is 1.00. The van der Waals surface area contributed by atoms with Gasteiger partial charge >= 0.3 is 0 Å². The molecular weight excluding hydrogens is 544 g/mol. The van der Waals surface area contributed by atoms with Gasteiger partial charge in [0.15, 0.2) is 0 Å². The summed E-state index contributed by atoms with van der Waals surface area (Å²) in [5, 5.41) is 25.8. The zero-order valence-electron chi connectivity index (χ0n) is 26.3. The molecule has 0 saturated carbocycles. The summed E-state index contributed by atoms with van der Waals surface area (Å²) in [6.07, 6.45) is -0.0938. The minimum Gasteiger partial charge on any atom is -0.394 e. The van der Waals surface area contributed by atoms with Gasteiger partial charge in [-0.25, -0.2) is 0 Å². The number of hydrogen-bond donors (Lipinski definition) is 3. The number of rotatable bonds is 30. The Kier molecular flexibility index (Phi) is 35.3. The van der Waals surface area contributed by atoms with E-state index in [9.17, 15) is 0 Å². The molecule has 0 aromatic rings. The second kappa shape index (κ2) is 34.0. The maximum atomic E-state index is 8.88. The Hall–Kier alpha value is -0.520. The van der Waals surface area contributed by atoms with Crippen LogP contribution in [0.3, 0.4) is 0 Å². The topological polar surface area (TPSA) is 153 Å². The lowest BCUT2D eigenvalue weighted by molar-refractivity contribution is -0.0953. The molecule has 250 valence electrons. The monoisotopic (exact) mass is 604 g/mol. The van der Waals surface area contributed by atoms with Crippen molar-refractivity contribution in [1.82, 2.24) is 0 Å². The number of aliphatic hydroxyl groups is 3. The number of hydrogen-bond acceptors (Lipinski definition) is 13. The molecule has 3 N–H and O–H groups in total. The van der Waals surface area contributed by atoms with Crippen molar-refractivity contribution in [2.45, 2.75) is 65.1 Å². The standard InChI is InChI=1S/C16H34O6.C12H26O7/c1-12(7-17)19-9-14(3)21-11-16(5)22-10-15(4)20-8-13(2)18-6;13-1-3-15-5-7-17-9-11-19-12-10-18-8-6-16-4-2-14/h12-17H,7-11H2,1-6H3;13-14H,1-12H2. The van der Waals surface area contributed by atoms with Crippen LogP contribution in [0, 0.1) is 0 Å². The molecule has 5 unspecified atom stereocenters. The Labute approximate surface area is 247 Å². The van der Waals surface area contributed by atoms with E-state index in [2.05, 4.69) is 0 Å². The van der Waals surface area contributed by atoms with Crippen molar-refractivity contribution < 1.29 is 62.7 Å². The van der Waals surface area contributed by atoms with E-state index in [1.54, 1.807) is 7.11 Å². The molecule has 41 heavy (non-hydrogen) atoms. The van der Waals surface area contributed by atoms with Gasteiger partial charge in [-0.05, 0) is 34.6 Å². The molecule has 13 nitrogen and oxygen atoms in total. The van der Waals surface area contributed by atoms with Crippen LogP contribution in [0.1, 0.15) is 34.6 Å². The lowest BCUT2D eigenvalue weighted by Gasteiger charge is -2.21. The molecule has 0 aliphatic carbocycles. The number of methoxy groups -OCH3 is 1. The van der Waals surface area contributed by atoms with E-state index in [4.69, 9.17) is 62.7 Å². The van der Waals surface area contributed by atoms with Gasteiger partial charge in [0.2, 0.25) is 0 Å². The smallest absolute Gasteiger partial charge is 0.0781 e. The zero-order chi connectivity index (χ0) is 31.0. The van der Waals surface area contributed by atoms with Gasteiger partial charge in [-0.3, -0.25) is 0 Å². The van der Waals surface area contributed by atoms with Crippen LogP contribution < -0.4 is 0 Å². The van der Waals surface area contributed by atoms with Crippen molar-refractivity contribution in [2.24, 2.45) is 0 Å². The summed E-state index contributed by atoms with van der Waals surface area (Å²) in [5.41, 5.74) is 0. The quantitative estimate of drug-likeness (QED) is 0.0987. The summed E-state index contributed by atoms with van der Waals surface area (Å²) in [6.45, 7) is 16.5. The van der Waals surface area contributed by atoms with Crippen LogP contribution in [0.25, 0.3) is 0 Å². The average molecular weight is 605 g/mol. The van der Waals surface area contributed by atoms with Gasteiger partial charge in [0.1, 0.15) is 0 Å². The molecule has 0 aromatic heterocycles. The minimum atomic E-state index is -0.160. The Morgan fingerprint density at radius 1 is 0.390 bits per heavy atom. The molecule has 0 amide bonds. The Bertz CT molecular complexity index is 450. The highest BCUT2D eigenvalue weighted by molar-refractivity contribution is 4.57. The van der Waals surface area contributed by atoms with Crippen molar-refractivity contribution in [2.75, 3.05) is 119 Å². The Morgan fingerprint density at radius 2 is 0.659 bits per heavy atom. The molecule has 5 atom stereocenters. The molecule has 0 aromatic carbocycles. The lowest BCUT2D eigenvalue weighted by Crippen LogP contribution is -2.28. The number of aliphatic hydroxyl groups excluding tert-OH is 3. The van der Waals surface area contributed by atoms with Crippen LogP contribution in [0.2, 0.25) is 0 Å². The van der Waals surface area contributed by atoms with Crippen LogP contribution in [0.4, 0.5) is 0 Å². The van der Waals surface area contributed by atoms with Gasteiger partial charge < -0.3 is 62.7 Å². The molecule has 0 aliphatic heterocycles. The van der Waals surface area contributed by atoms with Gasteiger partial charge in [-0.15, -0.1) is 0 Å². The molecule has 0 rings (SSSR count). The maximum Gasteiger partial charge on any atom is 0.0781 e. The van der Waals surface area contributed by atoms with Gasteiger partial charge in [0, 0.05) is 7.11 Å². The Morgan fingerprint density at radius 3 is 0.927 bits per heavy atom. The summed E-state index contributed by atoms with van der Waals surface area (Å²) in [6, 6.07) is 0. The maximum absolute atomic E-state index is 8.88. The lowest BCUT2D eigenvalue weighted by atomic mass is 10.3. The third kappa shape index (κ3) is 35.6. The first-order valence-electron chi connectivity index (χ1n) is 14.5. The molecule has 0 saturated heterocycles. The van der Waals surface area contributed by atoms with E-state index in [0.717, 1.165) is 0 Å². The third-order valence-electron chi connectivity index (χ3n) is 5.08. The molecular formula is C28H60O13. The SMILES string of the molecule is COC(C)COC(C)COC(C)COC(C)COC(C)CO.OCCOCCOCCOCCOCCOCCO. The van der Waals surface area contributed by atoms with Gasteiger partial charge in [-0.1, -0.05) is 0 Å². The van der Waals surface area contributed by atoms with E-state index in [-0.39, 0.29) is 50.3 Å². The minimum absolute atomic E-state index is 0.0105. The molecule has 0 spiro atoms. The van der Waals surface area contributed by atoms with Gasteiger partial charge in [0.05, 0.1) is 143 Å². The van der Waals surface area contributed by atoms with Crippen LogP contribution in [0.15, 0.2) is 0 Å². The van der Waals surface area contributed by atoms with E-state index in [0.29, 0.717) is 92.5 Å². The van der Waals surface area contributed by atoms with E-state index >= 15 is 0 Å². The highest BCUT2D eigenvalue weighted by Crippen LogP contribution is 2.02. The van der Waals surface area contributed by atoms with Crippen molar-refractivity contribution in [3.63, 3.8) is 0 Å². The van der Waals surface area contributed by atoms with Crippen LogP contribution in [-0.4, -0.2) is 165 Å². The molecule has 13 heteroatoms. The third-order valence-corrected chi connectivity index (χ3v) is 5.08. The fourth-order valence-electron chi connectivity index (χ4n) is 2.57. The molecule has 0 bridgehead atoms. The summed E-state index contributed by atoms with van der Waals surface area (Å²) >= 11 is 0. The average Bonchev–Trinajstić information content (AvgIpc) is 2.98. The number of ether oxygens (including phenoxy) is 10. The fourth-order valence-corrected chi connectivity index (χ4v) is 2.57. The first kappa shape index (κ1) is 42.6. The van der Waals surface area contributed by atoms with Crippen LogP contribution in [0.5, 0.6) is 0 Å². The van der Waals surface area contributed by atoms with Crippen LogP contribution in [-0.2, 0) is 47.4 Å². The van der Waals surface area contributed by atoms with Gasteiger partial charge in [0.25, 0.3) is 0 Å².